The molecule has 1 aliphatic heterocycles. The first-order valence-corrected chi connectivity index (χ1v) is 9.27. The van der Waals surface area contributed by atoms with Gasteiger partial charge in [0.15, 0.2) is 5.82 Å². The number of aromatic nitrogens is 2. The Balaban J connectivity index is 1.61. The molecule has 1 amide bonds. The fraction of sp³-hybridized carbons (Fsp3) is 0.150. The van der Waals surface area contributed by atoms with Gasteiger partial charge < -0.3 is 15.4 Å². The van der Waals surface area contributed by atoms with Crippen LogP contribution < -0.4 is 20.9 Å². The van der Waals surface area contributed by atoms with Gasteiger partial charge in [-0.25, -0.2) is 10.5 Å². The molecule has 0 radical (unpaired) electrons. The summed E-state index contributed by atoms with van der Waals surface area (Å²) in [4.78, 5) is 25.6. The zero-order chi connectivity index (χ0) is 20.2. The number of benzene rings is 2. The lowest BCUT2D eigenvalue weighted by molar-refractivity contribution is 0.0537. The zero-order valence-corrected chi connectivity index (χ0v) is 16.3. The lowest BCUT2D eigenvalue weighted by Gasteiger charge is -2.14. The van der Waals surface area contributed by atoms with Gasteiger partial charge in [0.2, 0.25) is 5.95 Å². The zero-order valence-electron chi connectivity index (χ0n) is 15.5. The van der Waals surface area contributed by atoms with Gasteiger partial charge in [-0.3, -0.25) is 9.63 Å². The highest BCUT2D eigenvalue weighted by Crippen LogP contribution is 2.37. The number of amides is 1. The van der Waals surface area contributed by atoms with Crippen molar-refractivity contribution in [3.8, 4) is 5.75 Å². The maximum Gasteiger partial charge on any atom is 0.275 e. The van der Waals surface area contributed by atoms with Crippen LogP contribution in [0.1, 0.15) is 15.9 Å². The van der Waals surface area contributed by atoms with Gasteiger partial charge in [0.25, 0.3) is 5.91 Å². The van der Waals surface area contributed by atoms with Crippen LogP contribution in [0, 0.1) is 0 Å². The Morgan fingerprint density at radius 2 is 2.00 bits per heavy atom. The number of ether oxygens (including phenoxy) is 1. The number of halogens is 1. The van der Waals surface area contributed by atoms with Gasteiger partial charge in [-0.05, 0) is 24.3 Å². The van der Waals surface area contributed by atoms with Gasteiger partial charge in [0, 0.05) is 23.2 Å². The van der Waals surface area contributed by atoms with E-state index in [0.29, 0.717) is 46.8 Å². The van der Waals surface area contributed by atoms with Crippen LogP contribution in [0.15, 0.2) is 48.7 Å². The van der Waals surface area contributed by atoms with E-state index in [-0.39, 0.29) is 5.91 Å². The lowest BCUT2D eigenvalue weighted by atomic mass is 10.0. The Kier molecular flexibility index (Phi) is 5.46. The molecule has 0 saturated heterocycles. The molecule has 4 rings (SSSR count). The Hall–Kier alpha value is -3.36. The number of carbonyl (C=O) groups excluding carboxylic acids is 1. The van der Waals surface area contributed by atoms with Crippen molar-refractivity contribution in [3.05, 3.63) is 64.8 Å². The predicted molar refractivity (Wildman–Crippen MR) is 110 cm³/mol. The Morgan fingerprint density at radius 1 is 1.17 bits per heavy atom. The molecule has 1 aromatic heterocycles. The fourth-order valence-corrected chi connectivity index (χ4v) is 3.19. The average Bonchev–Trinajstić information content (AvgIpc) is 3.22. The minimum absolute atomic E-state index is 0.321. The number of nitrogens with one attached hydrogen (secondary N) is 3. The minimum atomic E-state index is -0.321. The molecule has 2 heterocycles. The van der Waals surface area contributed by atoms with E-state index in [9.17, 15) is 4.79 Å². The third kappa shape index (κ3) is 4.08. The quantitative estimate of drug-likeness (QED) is 0.530. The van der Waals surface area contributed by atoms with Crippen LogP contribution >= 0.6 is 11.6 Å². The molecule has 2 aromatic carbocycles. The van der Waals surface area contributed by atoms with Gasteiger partial charge in [-0.15, -0.1) is 0 Å². The van der Waals surface area contributed by atoms with Crippen LogP contribution in [-0.4, -0.2) is 29.6 Å². The molecule has 3 aromatic rings. The second kappa shape index (κ2) is 8.34. The normalized spacial score (nSPS) is 12.1. The van der Waals surface area contributed by atoms with Gasteiger partial charge >= 0.3 is 0 Å². The topological polar surface area (TPSA) is 97.4 Å². The summed E-state index contributed by atoms with van der Waals surface area (Å²) in [5.74, 6) is 1.10. The fourth-order valence-electron chi connectivity index (χ4n) is 3.05. The highest BCUT2D eigenvalue weighted by Gasteiger charge is 2.24. The Bertz CT molecular complexity index is 1050. The molecular weight excluding hydrogens is 394 g/mol. The highest BCUT2D eigenvalue weighted by molar-refractivity contribution is 6.32. The monoisotopic (exact) mass is 411 g/mol. The first-order chi connectivity index (χ1) is 14.2. The number of hydrogen-bond acceptors (Lipinski definition) is 7. The molecule has 0 atom stereocenters. The van der Waals surface area contributed by atoms with Crippen LogP contribution in [0.25, 0.3) is 0 Å². The maximum absolute atomic E-state index is 12.2. The molecule has 0 unspecified atom stereocenters. The number of carbonyl (C=O) groups is 1. The van der Waals surface area contributed by atoms with E-state index in [4.69, 9.17) is 21.2 Å². The standard InChI is InChI=1S/C20H18ClN5O3/c1-28-26-19(27)14-7-8-16(17-13(14)9-10-29-17)24-20-22-11-15(21)18(25-20)23-12-5-3-2-4-6-12/h2-8,11H,9-10H2,1H3,(H,26,27)(H2,22,23,24,25). The Morgan fingerprint density at radius 3 is 2.79 bits per heavy atom. The van der Waals surface area contributed by atoms with Gasteiger partial charge in [0.05, 0.1) is 25.6 Å². The van der Waals surface area contributed by atoms with Crippen molar-refractivity contribution in [1.82, 2.24) is 15.4 Å². The molecule has 8 nitrogen and oxygen atoms in total. The van der Waals surface area contributed by atoms with E-state index in [1.807, 2.05) is 30.3 Å². The van der Waals surface area contributed by atoms with Crippen molar-refractivity contribution in [2.75, 3.05) is 24.4 Å². The van der Waals surface area contributed by atoms with Crippen LogP contribution in [0.3, 0.4) is 0 Å². The second-order valence-corrected chi connectivity index (χ2v) is 6.62. The summed E-state index contributed by atoms with van der Waals surface area (Å²) in [5, 5.41) is 6.71. The number of rotatable bonds is 6. The molecule has 0 spiro atoms. The Labute approximate surface area is 172 Å². The third-order valence-corrected chi connectivity index (χ3v) is 4.60. The summed E-state index contributed by atoms with van der Waals surface area (Å²) in [7, 11) is 1.39. The van der Waals surface area contributed by atoms with Crippen LogP contribution in [0.5, 0.6) is 5.75 Å². The van der Waals surface area contributed by atoms with Crippen molar-refractivity contribution in [1.29, 1.82) is 0 Å². The summed E-state index contributed by atoms with van der Waals surface area (Å²) in [6, 6.07) is 13.0. The molecular formula is C20H18ClN5O3. The smallest absolute Gasteiger partial charge is 0.275 e. The van der Waals surface area contributed by atoms with Gasteiger partial charge in [0.1, 0.15) is 10.8 Å². The largest absolute Gasteiger partial charge is 0.491 e. The number of hydrogen-bond donors (Lipinski definition) is 3. The lowest BCUT2D eigenvalue weighted by Crippen LogP contribution is -2.23. The van der Waals surface area contributed by atoms with E-state index < -0.39 is 0 Å². The third-order valence-electron chi connectivity index (χ3n) is 4.33. The van der Waals surface area contributed by atoms with Crippen molar-refractivity contribution < 1.29 is 14.4 Å². The minimum Gasteiger partial charge on any atom is -0.491 e. The second-order valence-electron chi connectivity index (χ2n) is 6.21. The summed E-state index contributed by atoms with van der Waals surface area (Å²) in [6.07, 6.45) is 2.14. The molecule has 0 fully saturated rings. The van der Waals surface area contributed by atoms with Crippen molar-refractivity contribution in [2.45, 2.75) is 6.42 Å². The van der Waals surface area contributed by atoms with Crippen LogP contribution in [0.4, 0.5) is 23.1 Å². The number of fused-ring (bicyclic) bond motifs is 1. The van der Waals surface area contributed by atoms with Gasteiger partial charge in [-0.2, -0.15) is 4.98 Å². The molecule has 0 saturated carbocycles. The number of nitrogens with zero attached hydrogens (tertiary/aromatic N) is 2. The number of para-hydroxylation sites is 1. The first-order valence-electron chi connectivity index (χ1n) is 8.89. The number of hydroxylamine groups is 1. The van der Waals surface area contributed by atoms with Crippen LogP contribution in [-0.2, 0) is 11.3 Å². The van der Waals surface area contributed by atoms with Crippen LogP contribution in [0.2, 0.25) is 5.02 Å². The van der Waals surface area contributed by atoms with Crippen molar-refractivity contribution in [3.63, 3.8) is 0 Å². The summed E-state index contributed by atoms with van der Waals surface area (Å²) >= 11 is 6.23. The van der Waals surface area contributed by atoms with E-state index in [1.54, 1.807) is 12.1 Å². The predicted octanol–water partition coefficient (Wildman–Crippen LogP) is 3.84. The number of anilines is 4. The molecule has 3 N–H and O–H groups in total. The summed E-state index contributed by atoms with van der Waals surface area (Å²) in [6.45, 7) is 0.490. The van der Waals surface area contributed by atoms with Crippen molar-refractivity contribution in [2.24, 2.45) is 0 Å². The first kappa shape index (κ1) is 19.0. The summed E-state index contributed by atoms with van der Waals surface area (Å²) in [5.41, 5.74) is 5.17. The molecule has 1 aliphatic rings. The van der Waals surface area contributed by atoms with E-state index >= 15 is 0 Å². The molecule has 0 bridgehead atoms. The van der Waals surface area contributed by atoms with E-state index in [2.05, 4.69) is 26.1 Å². The molecule has 29 heavy (non-hydrogen) atoms. The molecule has 148 valence electrons. The average molecular weight is 412 g/mol. The molecule has 9 heteroatoms. The molecule has 0 aliphatic carbocycles. The highest BCUT2D eigenvalue weighted by atomic mass is 35.5. The SMILES string of the molecule is CONC(=O)c1ccc(Nc2ncc(Cl)c(Nc3ccccc3)n2)c2c1CCO2. The summed E-state index contributed by atoms with van der Waals surface area (Å²) < 4.78 is 5.74. The van der Waals surface area contributed by atoms with Gasteiger partial charge in [-0.1, -0.05) is 29.8 Å². The van der Waals surface area contributed by atoms with E-state index in [0.717, 1.165) is 11.3 Å². The maximum atomic E-state index is 12.2. The van der Waals surface area contributed by atoms with Crippen molar-refractivity contribution >= 4 is 40.6 Å². The van der Waals surface area contributed by atoms with E-state index in [1.165, 1.54) is 13.3 Å².